The first-order chi connectivity index (χ1) is 16.9. The van der Waals surface area contributed by atoms with E-state index in [-0.39, 0.29) is 29.9 Å². The first-order valence-corrected chi connectivity index (χ1v) is 13.5. The standard InChI is InChI=1S/C28H28IN3O3/c1-16-11-24(22(14-23(16)29)18-4-5-18)32(25-9-6-19-15-31(2)28(34)27(19)30-25)26(33)10-3-17-12-20-7-8-21(13-17)35-20/h6,9,11,14,17-18,20-21H,4-5,7-8,12-13,15H2,1-2H3. The van der Waals surface area contributed by atoms with Crippen LogP contribution in [0.3, 0.4) is 0 Å². The molecule has 2 bridgehead atoms. The van der Waals surface area contributed by atoms with E-state index >= 15 is 0 Å². The fourth-order valence-corrected chi connectivity index (χ4v) is 6.04. The SMILES string of the molecule is Cc1cc(N(C(=O)C#CC2CC3CCC(C2)O3)c2ccc3c(n2)C(=O)N(C)C3)c(C2CC2)cc1I. The van der Waals surface area contributed by atoms with Crippen molar-refractivity contribution in [2.75, 3.05) is 11.9 Å². The number of hydrogen-bond acceptors (Lipinski definition) is 4. The van der Waals surface area contributed by atoms with Gasteiger partial charge in [0.25, 0.3) is 5.91 Å². The Hall–Kier alpha value is -2.44. The van der Waals surface area contributed by atoms with Crippen LogP contribution < -0.4 is 4.90 Å². The highest BCUT2D eigenvalue weighted by Gasteiger charge is 2.35. The van der Waals surface area contributed by atoms with Gasteiger partial charge in [0.1, 0.15) is 11.5 Å². The average Bonchev–Trinajstić information content (AvgIpc) is 3.58. The number of rotatable bonds is 3. The maximum atomic E-state index is 13.8. The zero-order valence-electron chi connectivity index (χ0n) is 20.0. The predicted octanol–water partition coefficient (Wildman–Crippen LogP) is 5.08. The summed E-state index contributed by atoms with van der Waals surface area (Å²) >= 11 is 2.36. The van der Waals surface area contributed by atoms with Crippen molar-refractivity contribution in [3.8, 4) is 11.8 Å². The topological polar surface area (TPSA) is 62.7 Å². The summed E-state index contributed by atoms with van der Waals surface area (Å²) in [7, 11) is 1.77. The molecule has 2 saturated heterocycles. The Kier molecular flexibility index (Phi) is 5.84. The average molecular weight is 581 g/mol. The Bertz CT molecular complexity index is 1280. The summed E-state index contributed by atoms with van der Waals surface area (Å²) in [5.41, 5.74) is 4.41. The number of benzene rings is 1. The van der Waals surface area contributed by atoms with Gasteiger partial charge in [0.15, 0.2) is 0 Å². The van der Waals surface area contributed by atoms with Gasteiger partial charge in [-0.25, -0.2) is 4.98 Å². The van der Waals surface area contributed by atoms with Crippen LogP contribution in [0.4, 0.5) is 11.5 Å². The van der Waals surface area contributed by atoms with Gasteiger partial charge in [0.05, 0.1) is 17.9 Å². The van der Waals surface area contributed by atoms with Crippen LogP contribution >= 0.6 is 22.6 Å². The summed E-state index contributed by atoms with van der Waals surface area (Å²) in [4.78, 5) is 34.5. The Balaban J connectivity index is 1.41. The number of halogens is 1. The van der Waals surface area contributed by atoms with Gasteiger partial charge in [-0.15, -0.1) is 0 Å². The number of aromatic nitrogens is 1. The van der Waals surface area contributed by atoms with E-state index in [2.05, 4.69) is 53.5 Å². The summed E-state index contributed by atoms with van der Waals surface area (Å²) < 4.78 is 7.13. The molecule has 2 unspecified atom stereocenters. The molecule has 0 N–H and O–H groups in total. The van der Waals surface area contributed by atoms with Gasteiger partial charge in [-0.05, 0) is 109 Å². The van der Waals surface area contributed by atoms with Crippen molar-refractivity contribution in [2.24, 2.45) is 5.92 Å². The largest absolute Gasteiger partial charge is 0.375 e. The molecule has 1 aromatic heterocycles. The van der Waals surface area contributed by atoms with Gasteiger partial charge in [0.2, 0.25) is 0 Å². The number of hydrogen-bond donors (Lipinski definition) is 0. The number of carbonyl (C=O) groups is 2. The Labute approximate surface area is 219 Å². The van der Waals surface area contributed by atoms with E-state index in [0.29, 0.717) is 24.0 Å². The third-order valence-corrected chi connectivity index (χ3v) is 8.75. The van der Waals surface area contributed by atoms with E-state index in [9.17, 15) is 9.59 Å². The molecule has 2 atom stereocenters. The zero-order valence-corrected chi connectivity index (χ0v) is 22.2. The molecule has 7 heteroatoms. The number of nitrogens with zero attached hydrogens (tertiary/aromatic N) is 3. The van der Waals surface area contributed by atoms with Crippen molar-refractivity contribution < 1.29 is 14.3 Å². The Morgan fingerprint density at radius 2 is 1.91 bits per heavy atom. The highest BCUT2D eigenvalue weighted by Crippen LogP contribution is 2.47. The second-order valence-electron chi connectivity index (χ2n) is 10.3. The molecule has 2 aromatic rings. The second-order valence-corrected chi connectivity index (χ2v) is 11.5. The molecule has 2 amide bonds. The van der Waals surface area contributed by atoms with E-state index in [0.717, 1.165) is 60.9 Å². The van der Waals surface area contributed by atoms with E-state index in [1.165, 1.54) is 3.57 Å². The molecular formula is C28H28IN3O3. The van der Waals surface area contributed by atoms with Crippen molar-refractivity contribution in [3.05, 3.63) is 50.2 Å². The smallest absolute Gasteiger partial charge is 0.308 e. The summed E-state index contributed by atoms with van der Waals surface area (Å²) in [5.74, 6) is 6.92. The first kappa shape index (κ1) is 23.0. The molecule has 6 nitrogen and oxygen atoms in total. The minimum Gasteiger partial charge on any atom is -0.375 e. The molecule has 6 rings (SSSR count). The molecule has 1 aliphatic carbocycles. The number of fused-ring (bicyclic) bond motifs is 3. The minimum absolute atomic E-state index is 0.112. The van der Waals surface area contributed by atoms with Crippen LogP contribution in [0.1, 0.15) is 71.6 Å². The van der Waals surface area contributed by atoms with E-state index in [1.54, 1.807) is 16.8 Å². The lowest BCUT2D eigenvalue weighted by Gasteiger charge is -2.25. The quantitative estimate of drug-likeness (QED) is 0.375. The highest BCUT2D eigenvalue weighted by molar-refractivity contribution is 14.1. The lowest BCUT2D eigenvalue weighted by Crippen LogP contribution is -2.28. The molecule has 0 spiro atoms. The molecule has 3 aliphatic heterocycles. The number of carbonyl (C=O) groups excluding carboxylic acids is 2. The normalized spacial score (nSPS) is 24.7. The summed E-state index contributed by atoms with van der Waals surface area (Å²) in [6.45, 7) is 2.60. The van der Waals surface area contributed by atoms with Crippen molar-refractivity contribution >= 4 is 45.9 Å². The molecule has 3 fully saturated rings. The monoisotopic (exact) mass is 581 g/mol. The van der Waals surface area contributed by atoms with Crippen LogP contribution in [-0.2, 0) is 16.1 Å². The molecule has 180 valence electrons. The minimum atomic E-state index is -0.294. The van der Waals surface area contributed by atoms with Gasteiger partial charge >= 0.3 is 5.91 Å². The zero-order chi connectivity index (χ0) is 24.3. The number of pyridine rings is 1. The van der Waals surface area contributed by atoms with Crippen molar-refractivity contribution in [2.45, 2.75) is 70.1 Å². The first-order valence-electron chi connectivity index (χ1n) is 12.4. The van der Waals surface area contributed by atoms with Gasteiger partial charge in [-0.1, -0.05) is 12.0 Å². The molecular weight excluding hydrogens is 553 g/mol. The fourth-order valence-electron chi connectivity index (χ4n) is 5.55. The van der Waals surface area contributed by atoms with Crippen molar-refractivity contribution in [3.63, 3.8) is 0 Å². The van der Waals surface area contributed by atoms with Gasteiger partial charge < -0.3 is 9.64 Å². The number of anilines is 2. The maximum absolute atomic E-state index is 13.8. The summed E-state index contributed by atoms with van der Waals surface area (Å²) in [5, 5.41) is 0. The second kappa shape index (κ2) is 8.90. The van der Waals surface area contributed by atoms with E-state index < -0.39 is 0 Å². The van der Waals surface area contributed by atoms with Crippen LogP contribution in [0.2, 0.25) is 0 Å². The van der Waals surface area contributed by atoms with Gasteiger partial charge in [-0.3, -0.25) is 14.5 Å². The highest BCUT2D eigenvalue weighted by atomic mass is 127. The predicted molar refractivity (Wildman–Crippen MR) is 141 cm³/mol. The fraction of sp³-hybridized carbons (Fsp3) is 0.464. The molecule has 4 heterocycles. The third kappa shape index (κ3) is 4.36. The van der Waals surface area contributed by atoms with Gasteiger partial charge in [0, 0.05) is 28.6 Å². The summed E-state index contributed by atoms with van der Waals surface area (Å²) in [6, 6.07) is 8.04. The van der Waals surface area contributed by atoms with Crippen LogP contribution in [0.25, 0.3) is 0 Å². The van der Waals surface area contributed by atoms with Crippen molar-refractivity contribution in [1.82, 2.24) is 9.88 Å². The summed E-state index contributed by atoms with van der Waals surface area (Å²) in [6.07, 6.45) is 6.77. The number of aryl methyl sites for hydroxylation is 1. The lowest BCUT2D eigenvalue weighted by molar-refractivity contribution is -0.112. The molecule has 4 aliphatic rings. The Morgan fingerprint density at radius 1 is 1.17 bits per heavy atom. The van der Waals surface area contributed by atoms with Crippen LogP contribution in [0.5, 0.6) is 0 Å². The van der Waals surface area contributed by atoms with Crippen molar-refractivity contribution in [1.29, 1.82) is 0 Å². The third-order valence-electron chi connectivity index (χ3n) is 7.59. The van der Waals surface area contributed by atoms with Gasteiger partial charge in [-0.2, -0.15) is 0 Å². The molecule has 1 saturated carbocycles. The number of ether oxygens (including phenoxy) is 1. The molecule has 1 aromatic carbocycles. The van der Waals surface area contributed by atoms with Crippen LogP contribution in [0.15, 0.2) is 24.3 Å². The molecule has 0 radical (unpaired) electrons. The Morgan fingerprint density at radius 3 is 2.63 bits per heavy atom. The lowest BCUT2D eigenvalue weighted by atomic mass is 9.96. The van der Waals surface area contributed by atoms with E-state index in [4.69, 9.17) is 9.72 Å². The maximum Gasteiger partial charge on any atom is 0.308 e. The number of amides is 2. The van der Waals surface area contributed by atoms with Crippen LogP contribution in [0, 0.1) is 28.3 Å². The molecule has 35 heavy (non-hydrogen) atoms. The van der Waals surface area contributed by atoms with Crippen LogP contribution in [-0.4, -0.2) is 41.0 Å². The van der Waals surface area contributed by atoms with E-state index in [1.807, 2.05) is 12.1 Å².